The second-order valence-electron chi connectivity index (χ2n) is 4.10. The summed E-state index contributed by atoms with van der Waals surface area (Å²) in [6.07, 6.45) is 0. The highest BCUT2D eigenvalue weighted by Gasteiger charge is 2.00. The minimum Gasteiger partial charge on any atom is -0.473 e. The molecule has 0 atom stereocenters. The molecule has 0 fully saturated rings. The first kappa shape index (κ1) is 11.5. The normalized spacial score (nSPS) is 10.2. The summed E-state index contributed by atoms with van der Waals surface area (Å²) in [4.78, 5) is 4.26. The minimum atomic E-state index is 0.526. The Morgan fingerprint density at radius 2 is 2.00 bits per heavy atom. The van der Waals surface area contributed by atoms with Crippen LogP contribution in [-0.4, -0.2) is 4.98 Å². The second-order valence-corrected chi connectivity index (χ2v) is 4.10. The lowest BCUT2D eigenvalue weighted by Gasteiger charge is -2.07. The maximum Gasteiger partial charge on any atom is 0.213 e. The van der Waals surface area contributed by atoms with Gasteiger partial charge in [0.05, 0.1) is 11.4 Å². The average molecular weight is 228 g/mol. The van der Waals surface area contributed by atoms with Crippen LogP contribution in [0.2, 0.25) is 0 Å². The highest BCUT2D eigenvalue weighted by atomic mass is 16.5. The van der Waals surface area contributed by atoms with Gasteiger partial charge in [-0.3, -0.25) is 0 Å². The monoisotopic (exact) mass is 228 g/mol. The summed E-state index contributed by atoms with van der Waals surface area (Å²) in [5, 5.41) is 0. The molecule has 0 aliphatic heterocycles. The van der Waals surface area contributed by atoms with Crippen LogP contribution in [0.1, 0.15) is 16.8 Å². The van der Waals surface area contributed by atoms with Gasteiger partial charge in [0.25, 0.3) is 0 Å². The Morgan fingerprint density at radius 3 is 2.71 bits per heavy atom. The lowest BCUT2D eigenvalue weighted by Crippen LogP contribution is -2.00. The Balaban J connectivity index is 2.05. The molecule has 3 heteroatoms. The van der Waals surface area contributed by atoms with E-state index in [9.17, 15) is 0 Å². The zero-order valence-electron chi connectivity index (χ0n) is 10.1. The smallest absolute Gasteiger partial charge is 0.213 e. The maximum atomic E-state index is 5.70. The van der Waals surface area contributed by atoms with Gasteiger partial charge >= 0.3 is 0 Å². The number of anilines is 1. The summed E-state index contributed by atoms with van der Waals surface area (Å²) < 4.78 is 5.62. The Labute approximate surface area is 101 Å². The number of pyridine rings is 1. The SMILES string of the molecule is Cc1cccc(COc2ccc(N)c(C)n2)c1. The molecule has 0 bridgehead atoms. The van der Waals surface area contributed by atoms with Crippen molar-refractivity contribution in [2.24, 2.45) is 0 Å². The van der Waals surface area contributed by atoms with E-state index in [1.807, 2.05) is 25.1 Å². The van der Waals surface area contributed by atoms with E-state index >= 15 is 0 Å². The largest absolute Gasteiger partial charge is 0.473 e. The predicted octanol–water partition coefficient (Wildman–Crippen LogP) is 2.86. The van der Waals surface area contributed by atoms with Crippen LogP contribution in [0.3, 0.4) is 0 Å². The molecule has 1 aromatic carbocycles. The van der Waals surface area contributed by atoms with Gasteiger partial charge in [-0.15, -0.1) is 0 Å². The number of aryl methyl sites for hydroxylation is 2. The highest BCUT2D eigenvalue weighted by Crippen LogP contribution is 2.15. The number of ether oxygens (including phenoxy) is 1. The Morgan fingerprint density at radius 1 is 1.18 bits per heavy atom. The summed E-state index contributed by atoms with van der Waals surface area (Å²) in [7, 11) is 0. The Bertz CT molecular complexity index is 523. The molecule has 0 aliphatic rings. The molecule has 0 saturated carbocycles. The van der Waals surface area contributed by atoms with Crippen LogP contribution in [-0.2, 0) is 6.61 Å². The van der Waals surface area contributed by atoms with Gasteiger partial charge in [0.15, 0.2) is 0 Å². The van der Waals surface area contributed by atoms with Gasteiger partial charge < -0.3 is 10.5 Å². The lowest BCUT2D eigenvalue weighted by molar-refractivity contribution is 0.293. The van der Waals surface area contributed by atoms with Crippen LogP contribution in [0, 0.1) is 13.8 Å². The fourth-order valence-electron chi connectivity index (χ4n) is 1.59. The molecule has 2 aromatic rings. The van der Waals surface area contributed by atoms with Crippen molar-refractivity contribution in [2.75, 3.05) is 5.73 Å². The predicted molar refractivity (Wildman–Crippen MR) is 68.9 cm³/mol. The molecule has 17 heavy (non-hydrogen) atoms. The van der Waals surface area contributed by atoms with E-state index in [1.54, 1.807) is 6.07 Å². The van der Waals surface area contributed by atoms with Crippen LogP contribution in [0.4, 0.5) is 5.69 Å². The van der Waals surface area contributed by atoms with Crippen LogP contribution in [0.5, 0.6) is 5.88 Å². The van der Waals surface area contributed by atoms with Crippen molar-refractivity contribution >= 4 is 5.69 Å². The number of nitrogens with two attached hydrogens (primary N) is 1. The zero-order valence-corrected chi connectivity index (χ0v) is 10.1. The Kier molecular flexibility index (Phi) is 3.28. The Hall–Kier alpha value is -2.03. The third kappa shape index (κ3) is 2.97. The molecule has 1 aromatic heterocycles. The van der Waals surface area contributed by atoms with Crippen molar-refractivity contribution < 1.29 is 4.74 Å². The molecule has 0 aliphatic carbocycles. The molecule has 1 heterocycles. The molecule has 0 saturated heterocycles. The first-order valence-corrected chi connectivity index (χ1v) is 5.56. The van der Waals surface area contributed by atoms with Crippen molar-refractivity contribution in [2.45, 2.75) is 20.5 Å². The van der Waals surface area contributed by atoms with Gasteiger partial charge in [-0.2, -0.15) is 0 Å². The van der Waals surface area contributed by atoms with Crippen molar-refractivity contribution in [3.63, 3.8) is 0 Å². The molecular weight excluding hydrogens is 212 g/mol. The third-order valence-corrected chi connectivity index (χ3v) is 2.57. The summed E-state index contributed by atoms with van der Waals surface area (Å²) in [5.41, 5.74) is 9.55. The fourth-order valence-corrected chi connectivity index (χ4v) is 1.59. The van der Waals surface area contributed by atoms with E-state index in [1.165, 1.54) is 5.56 Å². The fraction of sp³-hybridized carbons (Fsp3) is 0.214. The molecule has 0 spiro atoms. The molecule has 2 rings (SSSR count). The van der Waals surface area contributed by atoms with Crippen LogP contribution >= 0.6 is 0 Å². The third-order valence-electron chi connectivity index (χ3n) is 2.57. The van der Waals surface area contributed by atoms with Crippen LogP contribution < -0.4 is 10.5 Å². The second kappa shape index (κ2) is 4.87. The molecule has 0 amide bonds. The number of nitrogens with zero attached hydrogens (tertiary/aromatic N) is 1. The number of benzene rings is 1. The summed E-state index contributed by atoms with van der Waals surface area (Å²) in [6.45, 7) is 4.46. The van der Waals surface area contributed by atoms with Gasteiger partial charge in [-0.1, -0.05) is 29.8 Å². The molecular formula is C14H16N2O. The standard InChI is InChI=1S/C14H16N2O/c1-10-4-3-5-12(8-10)9-17-14-7-6-13(15)11(2)16-14/h3-8H,9,15H2,1-2H3. The van der Waals surface area contributed by atoms with E-state index in [2.05, 4.69) is 24.0 Å². The van der Waals surface area contributed by atoms with Gasteiger partial charge in [-0.25, -0.2) is 4.98 Å². The average Bonchev–Trinajstić information content (AvgIpc) is 2.31. The highest BCUT2D eigenvalue weighted by molar-refractivity contribution is 5.43. The lowest BCUT2D eigenvalue weighted by atomic mass is 10.1. The number of hydrogen-bond donors (Lipinski definition) is 1. The van der Waals surface area contributed by atoms with E-state index < -0.39 is 0 Å². The first-order valence-electron chi connectivity index (χ1n) is 5.56. The van der Waals surface area contributed by atoms with Gasteiger partial charge in [0.1, 0.15) is 6.61 Å². The number of rotatable bonds is 3. The van der Waals surface area contributed by atoms with Crippen LogP contribution in [0.15, 0.2) is 36.4 Å². The van der Waals surface area contributed by atoms with Crippen molar-refractivity contribution in [3.05, 3.63) is 53.2 Å². The first-order chi connectivity index (χ1) is 8.15. The van der Waals surface area contributed by atoms with Crippen molar-refractivity contribution in [3.8, 4) is 5.88 Å². The summed E-state index contributed by atoms with van der Waals surface area (Å²) in [6, 6.07) is 11.8. The maximum absolute atomic E-state index is 5.70. The molecule has 3 nitrogen and oxygen atoms in total. The quantitative estimate of drug-likeness (QED) is 0.878. The van der Waals surface area contributed by atoms with Crippen molar-refractivity contribution in [1.82, 2.24) is 4.98 Å². The van der Waals surface area contributed by atoms with Gasteiger partial charge in [0, 0.05) is 6.07 Å². The van der Waals surface area contributed by atoms with Crippen molar-refractivity contribution in [1.29, 1.82) is 0 Å². The number of hydrogen-bond acceptors (Lipinski definition) is 3. The number of aromatic nitrogens is 1. The summed E-state index contributed by atoms with van der Waals surface area (Å²) >= 11 is 0. The number of nitrogen functional groups attached to an aromatic ring is 1. The van der Waals surface area contributed by atoms with Crippen LogP contribution in [0.25, 0.3) is 0 Å². The van der Waals surface area contributed by atoms with E-state index in [0.29, 0.717) is 18.2 Å². The minimum absolute atomic E-state index is 0.526. The zero-order chi connectivity index (χ0) is 12.3. The molecule has 2 N–H and O–H groups in total. The molecule has 0 radical (unpaired) electrons. The molecule has 88 valence electrons. The van der Waals surface area contributed by atoms with Gasteiger partial charge in [0.2, 0.25) is 5.88 Å². The molecule has 0 unspecified atom stereocenters. The topological polar surface area (TPSA) is 48.1 Å². The van der Waals surface area contributed by atoms with Gasteiger partial charge in [-0.05, 0) is 25.5 Å². The van der Waals surface area contributed by atoms with E-state index in [4.69, 9.17) is 10.5 Å². The van der Waals surface area contributed by atoms with E-state index in [-0.39, 0.29) is 0 Å². The summed E-state index contributed by atoms with van der Waals surface area (Å²) in [5.74, 6) is 0.609. The van der Waals surface area contributed by atoms with E-state index in [0.717, 1.165) is 11.3 Å².